The van der Waals surface area contributed by atoms with Crippen molar-refractivity contribution >= 4 is 11.6 Å². The summed E-state index contributed by atoms with van der Waals surface area (Å²) in [7, 11) is 0. The zero-order chi connectivity index (χ0) is 25.2. The van der Waals surface area contributed by atoms with Gasteiger partial charge in [-0.05, 0) is 77.5 Å². The summed E-state index contributed by atoms with van der Waals surface area (Å²) in [6.45, 7) is 11.5. The van der Waals surface area contributed by atoms with Gasteiger partial charge < -0.3 is 10.2 Å². The van der Waals surface area contributed by atoms with E-state index in [1.807, 2.05) is 60.4 Å². The molecule has 2 aliphatic heterocycles. The lowest BCUT2D eigenvalue weighted by molar-refractivity contribution is -0.113. The van der Waals surface area contributed by atoms with Crippen LogP contribution in [0.3, 0.4) is 0 Å². The Bertz CT molecular complexity index is 1320. The van der Waals surface area contributed by atoms with Crippen LogP contribution in [0.2, 0.25) is 0 Å². The molecule has 0 saturated carbocycles. The number of carbonyl (C=O) groups is 1. The van der Waals surface area contributed by atoms with Crippen molar-refractivity contribution in [3.8, 4) is 22.3 Å². The maximum atomic E-state index is 15.1. The molecule has 0 aromatic heterocycles. The van der Waals surface area contributed by atoms with Gasteiger partial charge in [-0.1, -0.05) is 56.0 Å². The topological polar surface area (TPSA) is 35.6 Å². The van der Waals surface area contributed by atoms with E-state index in [9.17, 15) is 4.79 Å². The first-order valence-corrected chi connectivity index (χ1v) is 12.5. The average Bonchev–Trinajstić information content (AvgIpc) is 3.34. The first-order chi connectivity index (χ1) is 17.4. The Morgan fingerprint density at radius 3 is 2.44 bits per heavy atom. The number of carbonyl (C=O) groups excluding carboxylic acids is 1. The zero-order valence-corrected chi connectivity index (χ0v) is 20.9. The summed E-state index contributed by atoms with van der Waals surface area (Å²) in [4.78, 5) is 16.9. The van der Waals surface area contributed by atoms with Crippen LogP contribution in [-0.4, -0.2) is 35.3 Å². The van der Waals surface area contributed by atoms with E-state index in [1.54, 1.807) is 12.3 Å². The van der Waals surface area contributed by atoms with Crippen LogP contribution in [0.15, 0.2) is 85.2 Å². The van der Waals surface area contributed by atoms with Crippen LogP contribution in [0.25, 0.3) is 22.3 Å². The minimum Gasteiger partial charge on any atom is -0.344 e. The summed E-state index contributed by atoms with van der Waals surface area (Å²) in [6, 6.07) is 19.6. The smallest absolute Gasteiger partial charge is 0.271 e. The Labute approximate surface area is 212 Å². The van der Waals surface area contributed by atoms with Gasteiger partial charge in [-0.25, -0.2) is 4.39 Å². The number of amides is 1. The van der Waals surface area contributed by atoms with E-state index >= 15 is 4.39 Å². The zero-order valence-electron chi connectivity index (χ0n) is 20.9. The van der Waals surface area contributed by atoms with Crippen molar-refractivity contribution in [2.24, 2.45) is 5.92 Å². The van der Waals surface area contributed by atoms with Crippen molar-refractivity contribution in [1.82, 2.24) is 9.80 Å². The first-order valence-electron chi connectivity index (χ1n) is 12.5. The second kappa shape index (κ2) is 10.1. The first kappa shape index (κ1) is 24.0. The highest BCUT2D eigenvalue weighted by Crippen LogP contribution is 2.31. The van der Waals surface area contributed by atoms with E-state index in [1.165, 1.54) is 0 Å². The van der Waals surface area contributed by atoms with E-state index in [2.05, 4.69) is 35.9 Å². The molecule has 2 heterocycles. The molecule has 0 bridgehead atoms. The molecule has 0 radical (unpaired) electrons. The molecular weight excluding hydrogens is 449 g/mol. The minimum absolute atomic E-state index is 0.142. The number of likely N-dealkylation sites (tertiary alicyclic amines) is 1. The molecule has 1 saturated heterocycles. The van der Waals surface area contributed by atoms with Crippen molar-refractivity contribution in [3.05, 3.63) is 102 Å². The van der Waals surface area contributed by atoms with Gasteiger partial charge in [-0.3, -0.25) is 9.69 Å². The molecule has 0 atom stereocenters. The average molecular weight is 482 g/mol. The largest absolute Gasteiger partial charge is 0.344 e. The third-order valence-corrected chi connectivity index (χ3v) is 7.06. The van der Waals surface area contributed by atoms with Crippen molar-refractivity contribution < 1.29 is 9.18 Å². The van der Waals surface area contributed by atoms with E-state index in [0.29, 0.717) is 18.2 Å². The quantitative estimate of drug-likeness (QED) is 0.413. The summed E-state index contributed by atoms with van der Waals surface area (Å²) in [5.74, 6) is 0.412. The maximum Gasteiger partial charge on any atom is 0.271 e. The van der Waals surface area contributed by atoms with Crippen LogP contribution in [0.5, 0.6) is 0 Å². The molecule has 4 nitrogen and oxygen atoms in total. The molecule has 3 aromatic rings. The third kappa shape index (κ3) is 4.98. The van der Waals surface area contributed by atoms with Gasteiger partial charge in [0.2, 0.25) is 0 Å². The monoisotopic (exact) mass is 481 g/mol. The maximum absolute atomic E-state index is 15.1. The van der Waals surface area contributed by atoms with Crippen LogP contribution >= 0.6 is 0 Å². The lowest BCUT2D eigenvalue weighted by Crippen LogP contribution is -2.44. The van der Waals surface area contributed by atoms with E-state index < -0.39 is 0 Å². The number of aryl methyl sites for hydroxylation is 1. The van der Waals surface area contributed by atoms with Crippen molar-refractivity contribution in [2.75, 3.05) is 25.0 Å². The summed E-state index contributed by atoms with van der Waals surface area (Å²) < 4.78 is 15.1. The highest BCUT2D eigenvalue weighted by atomic mass is 19.1. The van der Waals surface area contributed by atoms with Gasteiger partial charge >= 0.3 is 0 Å². The Morgan fingerprint density at radius 1 is 1.06 bits per heavy atom. The van der Waals surface area contributed by atoms with Gasteiger partial charge in [-0.2, -0.15) is 0 Å². The van der Waals surface area contributed by atoms with Gasteiger partial charge in [-0.15, -0.1) is 0 Å². The van der Waals surface area contributed by atoms with Crippen LogP contribution < -0.4 is 5.32 Å². The normalized spacial score (nSPS) is 16.0. The Kier molecular flexibility index (Phi) is 6.75. The second-order valence-corrected chi connectivity index (χ2v) is 9.92. The van der Waals surface area contributed by atoms with Crippen LogP contribution in [-0.2, 0) is 11.3 Å². The van der Waals surface area contributed by atoms with Gasteiger partial charge in [0, 0.05) is 37.4 Å². The van der Waals surface area contributed by atoms with E-state index in [4.69, 9.17) is 0 Å². The predicted octanol–water partition coefficient (Wildman–Crippen LogP) is 6.59. The summed E-state index contributed by atoms with van der Waals surface area (Å²) >= 11 is 0. The van der Waals surface area contributed by atoms with Gasteiger partial charge in [0.15, 0.2) is 0 Å². The molecule has 3 aromatic carbocycles. The Morgan fingerprint density at radius 2 is 1.75 bits per heavy atom. The molecule has 36 heavy (non-hydrogen) atoms. The van der Waals surface area contributed by atoms with Crippen molar-refractivity contribution in [1.29, 1.82) is 0 Å². The number of nitrogens with zero attached hydrogens (tertiary/aromatic N) is 2. The minimum atomic E-state index is -0.144. The fraction of sp³-hybridized carbons (Fsp3) is 0.258. The van der Waals surface area contributed by atoms with Crippen LogP contribution in [0.4, 0.5) is 10.1 Å². The molecular formula is C31H32FN3O. The number of hydrogen-bond donors (Lipinski definition) is 1. The van der Waals surface area contributed by atoms with Crippen LogP contribution in [0, 0.1) is 18.7 Å². The second-order valence-electron chi connectivity index (χ2n) is 9.92. The summed E-state index contributed by atoms with van der Waals surface area (Å²) in [6.07, 6.45) is 4.45. The van der Waals surface area contributed by atoms with E-state index in [-0.39, 0.29) is 11.7 Å². The predicted molar refractivity (Wildman–Crippen MR) is 145 cm³/mol. The molecule has 2 aliphatic rings. The Hall–Kier alpha value is -3.70. The number of hydrogen-bond acceptors (Lipinski definition) is 3. The van der Waals surface area contributed by atoms with Crippen LogP contribution in [0.1, 0.15) is 24.5 Å². The van der Waals surface area contributed by atoms with Gasteiger partial charge in [0.1, 0.15) is 11.5 Å². The molecule has 1 amide bonds. The third-order valence-electron chi connectivity index (χ3n) is 7.06. The molecule has 1 N–H and O–H groups in total. The molecule has 1 fully saturated rings. The van der Waals surface area contributed by atoms with Crippen molar-refractivity contribution in [3.63, 3.8) is 0 Å². The van der Waals surface area contributed by atoms with E-state index in [0.717, 1.165) is 65.1 Å². The number of nitrogens with one attached hydrogen (secondary N) is 1. The molecule has 0 spiro atoms. The Balaban J connectivity index is 1.36. The molecule has 0 unspecified atom stereocenters. The molecule has 5 heteroatoms. The number of anilines is 1. The highest BCUT2D eigenvalue weighted by molar-refractivity contribution is 6.04. The molecule has 5 rings (SSSR count). The van der Waals surface area contributed by atoms with Crippen molar-refractivity contribution in [2.45, 2.75) is 26.8 Å². The lowest BCUT2D eigenvalue weighted by atomic mass is 9.95. The standard InChI is InChI=1S/C31H32FN3O/c1-4-35-13-7-12-30(35)31(36)33-27-11-6-10-25(16-27)23-8-5-9-24(15-23)26-14-22(3)28(29(32)17-26)20-34-18-21(2)19-34/h4-6,8-12,14-17,21H,1,7,13,18-20H2,2-3H3,(H,33,36). The number of rotatable bonds is 7. The molecule has 0 aliphatic carbocycles. The van der Waals surface area contributed by atoms with Gasteiger partial charge in [0.25, 0.3) is 5.91 Å². The SMILES string of the molecule is C=CN1CCC=C1C(=O)Nc1cccc(-c2cccc(-c3cc(C)c(CN4CC(C)C4)c(F)c3)c2)c1. The summed E-state index contributed by atoms with van der Waals surface area (Å²) in [5, 5.41) is 3.00. The fourth-order valence-corrected chi connectivity index (χ4v) is 5.16. The highest BCUT2D eigenvalue weighted by Gasteiger charge is 2.24. The fourth-order valence-electron chi connectivity index (χ4n) is 5.16. The number of benzene rings is 3. The number of halogens is 1. The molecule has 184 valence electrons. The summed E-state index contributed by atoms with van der Waals surface area (Å²) in [5.41, 5.74) is 6.95. The van der Waals surface area contributed by atoms with Gasteiger partial charge in [0.05, 0.1) is 0 Å². The lowest BCUT2D eigenvalue weighted by Gasteiger charge is -2.37.